The molecule has 4 rings (SSSR count). The molecule has 0 radical (unpaired) electrons. The van der Waals surface area contributed by atoms with Crippen LogP contribution in [0.4, 0.5) is 0 Å². The van der Waals surface area contributed by atoms with Gasteiger partial charge in [-0.05, 0) is 11.1 Å². The van der Waals surface area contributed by atoms with E-state index in [4.69, 9.17) is 4.99 Å². The second kappa shape index (κ2) is 8.02. The van der Waals surface area contributed by atoms with Crippen LogP contribution < -0.4 is 5.32 Å². The normalized spacial score (nSPS) is 17.9. The number of aldehydes is 3. The predicted molar refractivity (Wildman–Crippen MR) is 111 cm³/mol. The Kier molecular flexibility index (Phi) is 5.12. The zero-order valence-electron chi connectivity index (χ0n) is 15.5. The summed E-state index contributed by atoms with van der Waals surface area (Å²) < 4.78 is 0. The summed E-state index contributed by atoms with van der Waals surface area (Å²) in [5.41, 5.74) is 4.70. The minimum absolute atomic E-state index is 0.126. The van der Waals surface area contributed by atoms with Gasteiger partial charge < -0.3 is 5.32 Å². The van der Waals surface area contributed by atoms with Gasteiger partial charge in [0.15, 0.2) is 0 Å². The summed E-state index contributed by atoms with van der Waals surface area (Å²) in [6.07, 6.45) is 2.44. The Bertz CT molecular complexity index is 1070. The third-order valence-electron chi connectivity index (χ3n) is 5.04. The van der Waals surface area contributed by atoms with Crippen molar-refractivity contribution in [3.8, 4) is 0 Å². The van der Waals surface area contributed by atoms with Gasteiger partial charge >= 0.3 is 0 Å². The molecule has 3 aromatic rings. The zero-order valence-corrected chi connectivity index (χ0v) is 15.5. The summed E-state index contributed by atoms with van der Waals surface area (Å²) in [7, 11) is 0. The molecule has 3 aromatic carbocycles. The molecule has 5 heteroatoms. The van der Waals surface area contributed by atoms with E-state index in [1.165, 1.54) is 0 Å². The summed E-state index contributed by atoms with van der Waals surface area (Å²) in [5.74, 6) is 0.733. The van der Waals surface area contributed by atoms with Gasteiger partial charge in [-0.2, -0.15) is 0 Å². The number of benzene rings is 3. The lowest BCUT2D eigenvalue weighted by atomic mass is 9.94. The van der Waals surface area contributed by atoms with Gasteiger partial charge in [-0.25, -0.2) is 0 Å². The smallest absolute Gasteiger partial charge is 0.150 e. The Labute approximate surface area is 168 Å². The number of nitrogens with one attached hydrogen (secondary N) is 1. The van der Waals surface area contributed by atoms with E-state index in [0.717, 1.165) is 41.4 Å². The third kappa shape index (κ3) is 3.75. The highest BCUT2D eigenvalue weighted by Gasteiger charge is 2.31. The fourth-order valence-corrected chi connectivity index (χ4v) is 3.44. The second-order valence-electron chi connectivity index (χ2n) is 6.85. The quantitative estimate of drug-likeness (QED) is 0.655. The monoisotopic (exact) mass is 382 g/mol. The summed E-state index contributed by atoms with van der Waals surface area (Å²) in [6, 6.07) is 21.7. The molecule has 1 aliphatic rings. The fourth-order valence-electron chi connectivity index (χ4n) is 3.44. The predicted octanol–water partition coefficient (Wildman–Crippen LogP) is 3.96. The van der Waals surface area contributed by atoms with Crippen LogP contribution in [0.25, 0.3) is 0 Å². The molecule has 0 saturated carbocycles. The molecule has 0 saturated heterocycles. The van der Waals surface area contributed by atoms with Gasteiger partial charge in [-0.1, -0.05) is 72.8 Å². The molecule has 0 aromatic heterocycles. The van der Waals surface area contributed by atoms with E-state index >= 15 is 0 Å². The minimum Gasteiger partial charge on any atom is -0.361 e. The number of carbonyl (C=O) groups excluding carboxylic acids is 3. The van der Waals surface area contributed by atoms with Crippen molar-refractivity contribution >= 4 is 24.7 Å². The first kappa shape index (κ1) is 18.5. The van der Waals surface area contributed by atoms with Gasteiger partial charge in [0.05, 0.1) is 6.04 Å². The number of carbonyl (C=O) groups is 3. The third-order valence-corrected chi connectivity index (χ3v) is 5.04. The average molecular weight is 382 g/mol. The molecule has 0 spiro atoms. The van der Waals surface area contributed by atoms with Crippen LogP contribution in [-0.2, 0) is 0 Å². The average Bonchev–Trinajstić information content (AvgIpc) is 3.24. The van der Waals surface area contributed by atoms with Crippen LogP contribution in [-0.4, -0.2) is 24.7 Å². The maximum absolute atomic E-state index is 11.0. The molecule has 0 amide bonds. The maximum atomic E-state index is 11.0. The fraction of sp³-hybridized carbons (Fsp3) is 0.0833. The Morgan fingerprint density at radius 2 is 1.07 bits per heavy atom. The van der Waals surface area contributed by atoms with Gasteiger partial charge in [-0.15, -0.1) is 0 Å². The number of rotatable bonds is 6. The van der Waals surface area contributed by atoms with Gasteiger partial charge in [0.25, 0.3) is 0 Å². The van der Waals surface area contributed by atoms with Crippen molar-refractivity contribution in [2.75, 3.05) is 0 Å². The molecule has 0 fully saturated rings. The van der Waals surface area contributed by atoms with Crippen LogP contribution in [0.2, 0.25) is 0 Å². The standard InChI is InChI=1S/C24H18N2O3/c27-13-16-1-7-19(8-2-16)22-23(20-9-3-17(14-28)4-10-20)26-24(25-22)21-11-5-18(15-29)6-12-21/h1-15,22-23H,(H,25,26)/t22-,23+. The van der Waals surface area contributed by atoms with Crippen LogP contribution >= 0.6 is 0 Å². The van der Waals surface area contributed by atoms with Crippen molar-refractivity contribution in [3.05, 3.63) is 106 Å². The molecule has 1 N–H and O–H groups in total. The molecule has 1 heterocycles. The number of hydrogen-bond donors (Lipinski definition) is 1. The first-order valence-electron chi connectivity index (χ1n) is 9.22. The van der Waals surface area contributed by atoms with E-state index in [2.05, 4.69) is 5.32 Å². The van der Waals surface area contributed by atoms with Crippen LogP contribution in [0.5, 0.6) is 0 Å². The van der Waals surface area contributed by atoms with E-state index in [-0.39, 0.29) is 12.1 Å². The van der Waals surface area contributed by atoms with E-state index in [1.54, 1.807) is 36.4 Å². The minimum atomic E-state index is -0.196. The van der Waals surface area contributed by atoms with Gasteiger partial charge in [0.1, 0.15) is 30.7 Å². The zero-order chi connectivity index (χ0) is 20.2. The van der Waals surface area contributed by atoms with Crippen LogP contribution in [0, 0.1) is 0 Å². The number of hydrogen-bond acceptors (Lipinski definition) is 5. The van der Waals surface area contributed by atoms with E-state index in [9.17, 15) is 14.4 Å². The van der Waals surface area contributed by atoms with Gasteiger partial charge in [0, 0.05) is 22.3 Å². The van der Waals surface area contributed by atoms with Crippen LogP contribution in [0.3, 0.4) is 0 Å². The molecule has 0 unspecified atom stereocenters. The molecule has 142 valence electrons. The number of nitrogens with zero attached hydrogens (tertiary/aromatic N) is 1. The summed E-state index contributed by atoms with van der Waals surface area (Å²) in [5, 5.41) is 3.48. The number of amidine groups is 1. The molecule has 5 nitrogen and oxygen atoms in total. The SMILES string of the molecule is O=Cc1ccc(C2=N[C@@H](c3ccc(C=O)cc3)[C@@H](c3ccc(C=O)cc3)N2)cc1. The lowest BCUT2D eigenvalue weighted by Crippen LogP contribution is -2.25. The number of aliphatic imine (C=N–C) groups is 1. The molecular formula is C24H18N2O3. The van der Waals surface area contributed by atoms with Crippen molar-refractivity contribution in [1.82, 2.24) is 5.32 Å². The molecule has 2 atom stereocenters. The van der Waals surface area contributed by atoms with Gasteiger partial charge in [-0.3, -0.25) is 19.4 Å². The molecule has 0 aliphatic carbocycles. The highest BCUT2D eigenvalue weighted by molar-refractivity contribution is 6.01. The van der Waals surface area contributed by atoms with Crippen molar-refractivity contribution in [1.29, 1.82) is 0 Å². The largest absolute Gasteiger partial charge is 0.361 e. The van der Waals surface area contributed by atoms with E-state index in [0.29, 0.717) is 16.7 Å². The summed E-state index contributed by atoms with van der Waals surface area (Å²) in [4.78, 5) is 37.8. The molecule has 29 heavy (non-hydrogen) atoms. The Balaban J connectivity index is 1.72. The Morgan fingerprint density at radius 1 is 0.621 bits per heavy atom. The lowest BCUT2D eigenvalue weighted by molar-refractivity contribution is 0.111. The Hall–Kier alpha value is -3.86. The molecule has 1 aliphatic heterocycles. The second-order valence-corrected chi connectivity index (χ2v) is 6.85. The van der Waals surface area contributed by atoms with Gasteiger partial charge in [0.2, 0.25) is 0 Å². The summed E-state index contributed by atoms with van der Waals surface area (Å²) >= 11 is 0. The van der Waals surface area contributed by atoms with Crippen molar-refractivity contribution < 1.29 is 14.4 Å². The van der Waals surface area contributed by atoms with E-state index in [1.807, 2.05) is 36.4 Å². The Morgan fingerprint density at radius 3 is 1.55 bits per heavy atom. The van der Waals surface area contributed by atoms with E-state index < -0.39 is 0 Å². The van der Waals surface area contributed by atoms with Crippen molar-refractivity contribution in [2.24, 2.45) is 4.99 Å². The lowest BCUT2D eigenvalue weighted by Gasteiger charge is -2.20. The van der Waals surface area contributed by atoms with Crippen molar-refractivity contribution in [2.45, 2.75) is 12.1 Å². The molecular weight excluding hydrogens is 364 g/mol. The summed E-state index contributed by atoms with van der Waals surface area (Å²) in [6.45, 7) is 0. The van der Waals surface area contributed by atoms with Crippen molar-refractivity contribution in [3.63, 3.8) is 0 Å². The first-order chi connectivity index (χ1) is 14.2. The highest BCUT2D eigenvalue weighted by Crippen LogP contribution is 2.37. The maximum Gasteiger partial charge on any atom is 0.150 e. The topological polar surface area (TPSA) is 75.6 Å². The van der Waals surface area contributed by atoms with Crippen LogP contribution in [0.15, 0.2) is 77.8 Å². The highest BCUT2D eigenvalue weighted by atomic mass is 16.1. The molecule has 0 bridgehead atoms. The van der Waals surface area contributed by atoms with Crippen LogP contribution in [0.1, 0.15) is 59.8 Å². The first-order valence-corrected chi connectivity index (χ1v) is 9.22.